The minimum Gasteiger partial charge on any atom is -0.368 e. The van der Waals surface area contributed by atoms with Gasteiger partial charge in [-0.15, -0.1) is 0 Å². The second kappa shape index (κ2) is 5.64. The Kier molecular flexibility index (Phi) is 3.67. The lowest BCUT2D eigenvalue weighted by Crippen LogP contribution is -2.45. The summed E-state index contributed by atoms with van der Waals surface area (Å²) < 4.78 is 0. The Labute approximate surface area is 129 Å². The lowest BCUT2D eigenvalue weighted by Gasteiger charge is -2.18. The van der Waals surface area contributed by atoms with Gasteiger partial charge in [0, 0.05) is 0 Å². The first-order chi connectivity index (χ1) is 10.6. The predicted molar refractivity (Wildman–Crippen MR) is 85.1 cm³/mol. The van der Waals surface area contributed by atoms with Gasteiger partial charge >= 0.3 is 0 Å². The van der Waals surface area contributed by atoms with E-state index in [-0.39, 0.29) is 11.8 Å². The summed E-state index contributed by atoms with van der Waals surface area (Å²) in [5.41, 5.74) is 9.42. The molecule has 2 aromatic rings. The van der Waals surface area contributed by atoms with Gasteiger partial charge in [-0.25, -0.2) is 0 Å². The topological polar surface area (TPSA) is 72.2 Å². The highest BCUT2D eigenvalue weighted by Crippen LogP contribution is 2.44. The molecule has 0 saturated heterocycles. The van der Waals surface area contributed by atoms with E-state index in [0.29, 0.717) is 6.42 Å². The number of fused-ring (bicyclic) bond motifs is 3. The maximum atomic E-state index is 12.7. The molecule has 22 heavy (non-hydrogen) atoms. The molecule has 0 bridgehead atoms. The Morgan fingerprint density at radius 1 is 1.05 bits per heavy atom. The third kappa shape index (κ3) is 2.26. The van der Waals surface area contributed by atoms with Crippen LogP contribution in [0.1, 0.15) is 30.4 Å². The van der Waals surface area contributed by atoms with Gasteiger partial charge in [0.05, 0.1) is 5.92 Å². The standard InChI is InChI=1S/C18H18N2O2/c1-2-15(17(19)21)20-18(22)16-13-9-5-3-7-11(13)12-8-4-6-10-14(12)16/h3-10,15-16H,2H2,1H3,(H2,19,21)(H,20,22)/t15-/m1/s1. The molecule has 1 aliphatic rings. The highest BCUT2D eigenvalue weighted by atomic mass is 16.2. The smallest absolute Gasteiger partial charge is 0.239 e. The maximum Gasteiger partial charge on any atom is 0.239 e. The summed E-state index contributed by atoms with van der Waals surface area (Å²) in [4.78, 5) is 24.1. The summed E-state index contributed by atoms with van der Waals surface area (Å²) in [7, 11) is 0. The molecule has 2 aromatic carbocycles. The lowest BCUT2D eigenvalue weighted by atomic mass is 9.95. The Morgan fingerprint density at radius 3 is 2.00 bits per heavy atom. The fraction of sp³-hybridized carbons (Fsp3) is 0.222. The monoisotopic (exact) mass is 294 g/mol. The largest absolute Gasteiger partial charge is 0.368 e. The minimum absolute atomic E-state index is 0.178. The molecule has 112 valence electrons. The van der Waals surface area contributed by atoms with E-state index in [4.69, 9.17) is 5.73 Å². The zero-order chi connectivity index (χ0) is 15.7. The summed E-state index contributed by atoms with van der Waals surface area (Å²) in [5.74, 6) is -1.07. The highest BCUT2D eigenvalue weighted by Gasteiger charge is 2.34. The predicted octanol–water partition coefficient (Wildman–Crippen LogP) is 2.18. The molecule has 3 rings (SSSR count). The van der Waals surface area contributed by atoms with Crippen LogP contribution in [-0.2, 0) is 9.59 Å². The zero-order valence-corrected chi connectivity index (χ0v) is 12.4. The molecule has 0 unspecified atom stereocenters. The number of hydrogen-bond donors (Lipinski definition) is 2. The van der Waals surface area contributed by atoms with Crippen molar-refractivity contribution < 1.29 is 9.59 Å². The molecule has 2 amide bonds. The van der Waals surface area contributed by atoms with Gasteiger partial charge in [-0.3, -0.25) is 9.59 Å². The van der Waals surface area contributed by atoms with Gasteiger partial charge in [-0.1, -0.05) is 55.5 Å². The third-order valence-electron chi connectivity index (χ3n) is 4.16. The van der Waals surface area contributed by atoms with Crippen molar-refractivity contribution >= 4 is 11.8 Å². The first-order valence-corrected chi connectivity index (χ1v) is 7.41. The SMILES string of the molecule is CC[C@@H](NC(=O)C1c2ccccc2-c2ccccc21)C(N)=O. The number of nitrogens with two attached hydrogens (primary N) is 1. The molecule has 0 aliphatic heterocycles. The van der Waals surface area contributed by atoms with E-state index in [9.17, 15) is 9.59 Å². The van der Waals surface area contributed by atoms with Gasteiger partial charge in [-0.05, 0) is 28.7 Å². The minimum atomic E-state index is -0.632. The van der Waals surface area contributed by atoms with E-state index in [1.807, 2.05) is 55.5 Å². The molecule has 1 aliphatic carbocycles. The van der Waals surface area contributed by atoms with Gasteiger partial charge in [0.25, 0.3) is 0 Å². The molecule has 4 heteroatoms. The van der Waals surface area contributed by atoms with Crippen molar-refractivity contribution in [2.75, 3.05) is 0 Å². The van der Waals surface area contributed by atoms with Crippen molar-refractivity contribution in [3.05, 3.63) is 59.7 Å². The molecule has 0 aromatic heterocycles. The molecule has 1 atom stereocenters. The molecular weight excluding hydrogens is 276 g/mol. The van der Waals surface area contributed by atoms with E-state index in [1.165, 1.54) is 0 Å². The van der Waals surface area contributed by atoms with Crippen molar-refractivity contribution in [1.82, 2.24) is 5.32 Å². The van der Waals surface area contributed by atoms with Crippen LogP contribution in [0.3, 0.4) is 0 Å². The van der Waals surface area contributed by atoms with Crippen molar-refractivity contribution in [1.29, 1.82) is 0 Å². The Bertz CT molecular complexity index is 694. The number of hydrogen-bond acceptors (Lipinski definition) is 2. The molecule has 0 saturated carbocycles. The van der Waals surface area contributed by atoms with E-state index in [1.54, 1.807) is 0 Å². The third-order valence-corrected chi connectivity index (χ3v) is 4.16. The Hall–Kier alpha value is -2.62. The first-order valence-electron chi connectivity index (χ1n) is 7.41. The van der Waals surface area contributed by atoms with Crippen LogP contribution in [-0.4, -0.2) is 17.9 Å². The average molecular weight is 294 g/mol. The van der Waals surface area contributed by atoms with E-state index >= 15 is 0 Å². The van der Waals surface area contributed by atoms with E-state index in [2.05, 4.69) is 5.32 Å². The van der Waals surface area contributed by atoms with Crippen LogP contribution in [0, 0.1) is 0 Å². The molecule has 0 heterocycles. The fourth-order valence-corrected chi connectivity index (χ4v) is 3.07. The van der Waals surface area contributed by atoms with Gasteiger partial charge in [0.2, 0.25) is 11.8 Å². The number of carbonyl (C=O) groups excluding carboxylic acids is 2. The average Bonchev–Trinajstić information content (AvgIpc) is 2.86. The molecule has 0 fully saturated rings. The molecule has 3 N–H and O–H groups in total. The number of carbonyl (C=O) groups is 2. The Morgan fingerprint density at radius 2 is 1.55 bits per heavy atom. The van der Waals surface area contributed by atoms with Gasteiger partial charge in [0.15, 0.2) is 0 Å². The molecular formula is C18H18N2O2. The molecule has 4 nitrogen and oxygen atoms in total. The highest BCUT2D eigenvalue weighted by molar-refractivity contribution is 5.98. The van der Waals surface area contributed by atoms with Crippen LogP contribution < -0.4 is 11.1 Å². The number of nitrogens with one attached hydrogen (secondary N) is 1. The first kappa shape index (κ1) is 14.3. The van der Waals surface area contributed by atoms with Crippen LogP contribution >= 0.6 is 0 Å². The zero-order valence-electron chi connectivity index (χ0n) is 12.4. The summed E-state index contributed by atoms with van der Waals surface area (Å²) in [6, 6.07) is 15.1. The van der Waals surface area contributed by atoms with E-state index < -0.39 is 11.9 Å². The number of amides is 2. The van der Waals surface area contributed by atoms with Gasteiger partial charge < -0.3 is 11.1 Å². The fourth-order valence-electron chi connectivity index (χ4n) is 3.07. The summed E-state index contributed by atoms with van der Waals surface area (Å²) in [6.45, 7) is 1.83. The van der Waals surface area contributed by atoms with Gasteiger partial charge in [0.1, 0.15) is 6.04 Å². The van der Waals surface area contributed by atoms with E-state index in [0.717, 1.165) is 22.3 Å². The summed E-state index contributed by atoms with van der Waals surface area (Å²) in [5, 5.41) is 2.78. The molecule has 0 spiro atoms. The van der Waals surface area contributed by atoms with Crippen molar-refractivity contribution in [2.24, 2.45) is 5.73 Å². The Balaban J connectivity index is 2.00. The van der Waals surface area contributed by atoms with Crippen molar-refractivity contribution in [3.63, 3.8) is 0 Å². The molecule has 0 radical (unpaired) electrons. The van der Waals surface area contributed by atoms with Crippen LogP contribution in [0.15, 0.2) is 48.5 Å². The van der Waals surface area contributed by atoms with Crippen LogP contribution in [0.2, 0.25) is 0 Å². The maximum absolute atomic E-state index is 12.7. The normalized spacial score (nSPS) is 14.0. The quantitative estimate of drug-likeness (QED) is 0.907. The van der Waals surface area contributed by atoms with Crippen LogP contribution in [0.4, 0.5) is 0 Å². The van der Waals surface area contributed by atoms with Crippen LogP contribution in [0.5, 0.6) is 0 Å². The number of rotatable bonds is 4. The number of benzene rings is 2. The van der Waals surface area contributed by atoms with Crippen LogP contribution in [0.25, 0.3) is 11.1 Å². The lowest BCUT2D eigenvalue weighted by molar-refractivity contribution is -0.127. The van der Waals surface area contributed by atoms with Gasteiger partial charge in [-0.2, -0.15) is 0 Å². The second-order valence-corrected chi connectivity index (χ2v) is 5.48. The van der Waals surface area contributed by atoms with Crippen molar-refractivity contribution in [3.8, 4) is 11.1 Å². The summed E-state index contributed by atoms with van der Waals surface area (Å²) in [6.07, 6.45) is 0.483. The number of primary amides is 1. The second-order valence-electron chi connectivity index (χ2n) is 5.48. The van der Waals surface area contributed by atoms with Crippen molar-refractivity contribution in [2.45, 2.75) is 25.3 Å². The summed E-state index contributed by atoms with van der Waals surface area (Å²) >= 11 is 0.